The number of aliphatic hydroxyl groups excluding tert-OH is 2. The van der Waals surface area contributed by atoms with Gasteiger partial charge in [0.25, 0.3) is 22.6 Å². The lowest BCUT2D eigenvalue weighted by Gasteiger charge is -2.31. The van der Waals surface area contributed by atoms with Gasteiger partial charge >= 0.3 is 29.0 Å². The highest BCUT2D eigenvalue weighted by molar-refractivity contribution is 5.66. The number of carbonyl (C=O) groups is 2. The van der Waals surface area contributed by atoms with Crippen LogP contribution in [0.25, 0.3) is 0 Å². The molecular formula is C32H38N6O19. The van der Waals surface area contributed by atoms with Gasteiger partial charge in [0.1, 0.15) is 42.7 Å². The van der Waals surface area contributed by atoms with Gasteiger partial charge in [0.05, 0.1) is 19.8 Å². The first-order chi connectivity index (χ1) is 27.0. The van der Waals surface area contributed by atoms with Crippen molar-refractivity contribution in [2.45, 2.75) is 87.2 Å². The third-order valence-electron chi connectivity index (χ3n) is 9.23. The van der Waals surface area contributed by atoms with Crippen LogP contribution in [0.1, 0.15) is 26.3 Å². The van der Waals surface area contributed by atoms with Crippen molar-refractivity contribution < 1.29 is 62.8 Å². The number of methoxy groups -OCH3 is 1. The fourth-order valence-corrected chi connectivity index (χ4v) is 6.79. The fourth-order valence-electron chi connectivity index (χ4n) is 6.79. The second-order valence-electron chi connectivity index (χ2n) is 13.1. The molecule has 6 rings (SSSR count). The Hall–Kier alpha value is -5.38. The van der Waals surface area contributed by atoms with Crippen LogP contribution in [0, 0.1) is 0 Å². The number of hydrogen-bond donors (Lipinski definition) is 6. The molecule has 0 bridgehead atoms. The van der Waals surface area contributed by atoms with Crippen molar-refractivity contribution in [3.63, 3.8) is 0 Å². The van der Waals surface area contributed by atoms with Crippen molar-refractivity contribution >= 4 is 11.9 Å². The smallest absolute Gasteiger partial charge is 0.332 e. The molecule has 0 unspecified atom stereocenters. The number of aromatic nitrogens is 6. The topological polar surface area (TPSA) is 333 Å². The van der Waals surface area contributed by atoms with Gasteiger partial charge in [-0.05, 0) is 0 Å². The summed E-state index contributed by atoms with van der Waals surface area (Å²) in [6, 6.07) is 2.89. The lowest BCUT2D eigenvalue weighted by Crippen LogP contribution is -2.53. The maximum Gasteiger partial charge on any atom is 0.332 e. The van der Waals surface area contributed by atoms with Crippen LogP contribution in [0.5, 0.6) is 0 Å². The average Bonchev–Trinajstić information content (AvgIpc) is 3.70. The molecule has 0 aromatic carbocycles. The number of H-pyrrole nitrogens is 3. The van der Waals surface area contributed by atoms with Crippen molar-refractivity contribution in [1.82, 2.24) is 28.7 Å². The van der Waals surface area contributed by atoms with E-state index in [2.05, 4.69) is 4.98 Å². The van der Waals surface area contributed by atoms with E-state index in [1.165, 1.54) is 7.11 Å². The Kier molecular flexibility index (Phi) is 12.0. The summed E-state index contributed by atoms with van der Waals surface area (Å²) in [7, 11) is 1.28. The van der Waals surface area contributed by atoms with Crippen molar-refractivity contribution in [1.29, 1.82) is 0 Å². The fraction of sp³-hybridized carbons (Fsp3) is 0.562. The quantitative estimate of drug-likeness (QED) is 0.0877. The van der Waals surface area contributed by atoms with Crippen LogP contribution >= 0.6 is 0 Å². The summed E-state index contributed by atoms with van der Waals surface area (Å²) in [5, 5.41) is 33.4. The number of aromatic amines is 3. The van der Waals surface area contributed by atoms with Crippen LogP contribution in [0.3, 0.4) is 0 Å². The summed E-state index contributed by atoms with van der Waals surface area (Å²) in [5.74, 6) is -4.60. The zero-order valence-corrected chi connectivity index (χ0v) is 30.2. The normalized spacial score (nSPS) is 32.4. The minimum atomic E-state index is -2.78. The number of nitrogens with zero attached hydrogens (tertiary/aromatic N) is 3. The third kappa shape index (κ3) is 8.36. The molecule has 6 N–H and O–H groups in total. The van der Waals surface area contributed by atoms with Crippen LogP contribution < -0.4 is 33.7 Å². The van der Waals surface area contributed by atoms with Crippen molar-refractivity contribution in [3.05, 3.63) is 99.3 Å². The van der Waals surface area contributed by atoms with Gasteiger partial charge < -0.3 is 53.2 Å². The zero-order chi connectivity index (χ0) is 41.3. The minimum absolute atomic E-state index is 0.321. The molecule has 12 atom stereocenters. The number of hydrogen-bond acceptors (Lipinski definition) is 19. The molecule has 3 saturated heterocycles. The van der Waals surface area contributed by atoms with E-state index in [1.807, 2.05) is 9.97 Å². The molecule has 3 aromatic heterocycles. The van der Waals surface area contributed by atoms with Gasteiger partial charge in [-0.2, -0.15) is 0 Å². The SMILES string of the molecule is COC[C@H]1O[C@](O)(n2ccc(=O)[nH]c2=O)[C@H](OC(C)=O)[C@H]1OC[C@H]1O[C@@H](n2ccc(=O)[nH]c2=O)[C@H](OC(C)=O)[C@H]1OC[C@H]1O[C@@H](n2ccc(=O)[nH]c2=O)[C@H](O)[C@H]1O. The molecule has 6 heterocycles. The Morgan fingerprint density at radius 3 is 1.77 bits per heavy atom. The van der Waals surface area contributed by atoms with E-state index in [-0.39, 0.29) is 6.61 Å². The molecule has 0 spiro atoms. The highest BCUT2D eigenvalue weighted by atomic mass is 16.7. The monoisotopic (exact) mass is 810 g/mol. The first-order valence-electron chi connectivity index (χ1n) is 17.1. The number of nitrogens with one attached hydrogen (secondary N) is 3. The molecule has 0 radical (unpaired) electrons. The van der Waals surface area contributed by atoms with Crippen LogP contribution in [-0.4, -0.2) is 138 Å². The number of aliphatic hydroxyl groups is 3. The van der Waals surface area contributed by atoms with Crippen LogP contribution in [0.4, 0.5) is 0 Å². The van der Waals surface area contributed by atoms with Gasteiger partial charge in [0.2, 0.25) is 6.10 Å². The van der Waals surface area contributed by atoms with E-state index < -0.39 is 132 Å². The van der Waals surface area contributed by atoms with Crippen molar-refractivity contribution in [3.8, 4) is 0 Å². The molecule has 25 nitrogen and oxygen atoms in total. The molecule has 3 aliphatic heterocycles. The number of carbonyl (C=O) groups excluding carboxylic acids is 2. The second-order valence-corrected chi connectivity index (χ2v) is 13.1. The summed E-state index contributed by atoms with van der Waals surface area (Å²) in [6.07, 6.45) is -13.6. The van der Waals surface area contributed by atoms with Crippen molar-refractivity contribution in [2.24, 2.45) is 0 Å². The molecule has 57 heavy (non-hydrogen) atoms. The summed E-state index contributed by atoms with van der Waals surface area (Å²) < 4.78 is 48.5. The second kappa shape index (κ2) is 16.6. The number of ether oxygens (including phenoxy) is 8. The Bertz CT molecular complexity index is 2320. The third-order valence-corrected chi connectivity index (χ3v) is 9.23. The Balaban J connectivity index is 1.32. The van der Waals surface area contributed by atoms with Gasteiger partial charge in [0, 0.05) is 57.7 Å². The maximum atomic E-state index is 12.9. The van der Waals surface area contributed by atoms with E-state index in [1.54, 1.807) is 0 Å². The molecule has 0 saturated carbocycles. The number of rotatable bonds is 13. The molecule has 0 aliphatic carbocycles. The predicted octanol–water partition coefficient (Wildman–Crippen LogP) is -5.56. The summed E-state index contributed by atoms with van der Waals surface area (Å²) in [5.41, 5.74) is -5.36. The predicted molar refractivity (Wildman–Crippen MR) is 181 cm³/mol. The van der Waals surface area contributed by atoms with Gasteiger partial charge in [-0.3, -0.25) is 48.1 Å². The molecule has 3 fully saturated rings. The highest BCUT2D eigenvalue weighted by Gasteiger charge is 2.60. The van der Waals surface area contributed by atoms with Gasteiger partial charge in [-0.25, -0.2) is 19.0 Å². The molecule has 3 aliphatic rings. The Morgan fingerprint density at radius 2 is 1.21 bits per heavy atom. The standard InChI is InChI=1S/C32H38N6O19/c1-13(39)53-25-23(51-11-15-21(44)22(45)27(55-15)36-7-4-18(41)33-29(36)46)16(56-28(25)37-8-5-19(42)34-30(37)47)12-52-24-17(10-50-3)57-32(49,26(24)54-14(2)40)38-9-6-20(43)35-31(38)48/h4-9,15-17,21-28,44-45,49H,10-12H2,1-3H3,(H,33,41,46)(H,34,42,47)(H,35,43,48)/t15-,16-,17-,21+,22-,23+,24+,25-,26-,27-,28-,32+/m1/s1. The minimum Gasteiger partial charge on any atom is -0.455 e. The van der Waals surface area contributed by atoms with Crippen LogP contribution in [-0.2, 0) is 53.4 Å². The number of esters is 2. The lowest BCUT2D eigenvalue weighted by atomic mass is 10.1. The van der Waals surface area contributed by atoms with E-state index in [4.69, 9.17) is 37.9 Å². The maximum absolute atomic E-state index is 12.9. The summed E-state index contributed by atoms with van der Waals surface area (Å²) in [4.78, 5) is 104. The van der Waals surface area contributed by atoms with Gasteiger partial charge in [0.15, 0.2) is 18.6 Å². The molecule has 310 valence electrons. The molecule has 3 aromatic rings. The largest absolute Gasteiger partial charge is 0.455 e. The van der Waals surface area contributed by atoms with E-state index >= 15 is 0 Å². The summed E-state index contributed by atoms with van der Waals surface area (Å²) in [6.45, 7) is 0.538. The van der Waals surface area contributed by atoms with E-state index in [9.17, 15) is 53.7 Å². The van der Waals surface area contributed by atoms with Crippen molar-refractivity contribution in [2.75, 3.05) is 26.9 Å². The van der Waals surface area contributed by atoms with Crippen LogP contribution in [0.15, 0.2) is 65.6 Å². The van der Waals surface area contributed by atoms with E-state index in [0.29, 0.717) is 4.57 Å². The Labute approximate surface area is 316 Å². The zero-order valence-electron chi connectivity index (χ0n) is 30.2. The van der Waals surface area contributed by atoms with Gasteiger partial charge in [-0.15, -0.1) is 0 Å². The molecule has 0 amide bonds. The average molecular weight is 811 g/mol. The molecule has 25 heteroatoms. The Morgan fingerprint density at radius 1 is 0.684 bits per heavy atom. The lowest BCUT2D eigenvalue weighted by molar-refractivity contribution is -0.294. The van der Waals surface area contributed by atoms with Gasteiger partial charge in [-0.1, -0.05) is 0 Å². The summed E-state index contributed by atoms with van der Waals surface area (Å²) >= 11 is 0. The van der Waals surface area contributed by atoms with E-state index in [0.717, 1.165) is 59.8 Å². The van der Waals surface area contributed by atoms with Crippen LogP contribution in [0.2, 0.25) is 0 Å². The molecular weight excluding hydrogens is 772 g/mol. The first-order valence-corrected chi connectivity index (χ1v) is 17.1. The first kappa shape index (κ1) is 41.3. The highest BCUT2D eigenvalue weighted by Crippen LogP contribution is 2.39.